The van der Waals surface area contributed by atoms with Crippen molar-refractivity contribution in [1.82, 2.24) is 9.97 Å². The second kappa shape index (κ2) is 8.47. The van der Waals surface area contributed by atoms with Crippen molar-refractivity contribution in [2.45, 2.75) is 40.2 Å². The summed E-state index contributed by atoms with van der Waals surface area (Å²) < 4.78 is 1.20. The molecule has 0 aliphatic carbocycles. The molecular formula is C25H25N3O2S. The van der Waals surface area contributed by atoms with Crippen LogP contribution in [0.4, 0.5) is 5.69 Å². The maximum atomic E-state index is 12.9. The van der Waals surface area contributed by atoms with Gasteiger partial charge in [0.25, 0.3) is 0 Å². The smallest absolute Gasteiger partial charge is 0.201 e. The number of carbonyl (C=O) groups is 2. The van der Waals surface area contributed by atoms with Crippen molar-refractivity contribution < 1.29 is 9.59 Å². The number of benzene rings is 2. The van der Waals surface area contributed by atoms with E-state index in [4.69, 9.17) is 4.98 Å². The van der Waals surface area contributed by atoms with Gasteiger partial charge >= 0.3 is 0 Å². The quantitative estimate of drug-likeness (QED) is 0.367. The number of aryl methyl sites for hydroxylation is 1. The van der Waals surface area contributed by atoms with Gasteiger partial charge < -0.3 is 10.3 Å². The van der Waals surface area contributed by atoms with E-state index in [1.54, 1.807) is 11.3 Å². The molecule has 31 heavy (non-hydrogen) atoms. The van der Waals surface area contributed by atoms with Gasteiger partial charge in [-0.15, -0.1) is 11.3 Å². The Labute approximate surface area is 185 Å². The minimum atomic E-state index is -0.424. The molecule has 0 spiro atoms. The predicted molar refractivity (Wildman–Crippen MR) is 127 cm³/mol. The standard InChI is InChI=1S/C25H25N3O2S/c1-14-23(17(4)29)15(2)27-24(14)25(30)16(3)26-19-11-9-18(10-12-19)13-22-28-20-7-5-6-8-21(20)31-22/h5-12,16,26-27H,13H2,1-4H3/t16-/m1/s1. The summed E-state index contributed by atoms with van der Waals surface area (Å²) in [4.78, 5) is 32.6. The molecule has 0 unspecified atom stereocenters. The van der Waals surface area contributed by atoms with E-state index < -0.39 is 6.04 Å². The van der Waals surface area contributed by atoms with Crippen LogP contribution in [0.2, 0.25) is 0 Å². The van der Waals surface area contributed by atoms with E-state index in [2.05, 4.69) is 28.5 Å². The Morgan fingerprint density at radius 3 is 2.45 bits per heavy atom. The highest BCUT2D eigenvalue weighted by Crippen LogP contribution is 2.25. The third-order valence-corrected chi connectivity index (χ3v) is 6.50. The second-order valence-corrected chi connectivity index (χ2v) is 8.98. The summed E-state index contributed by atoms with van der Waals surface area (Å²) in [6.45, 7) is 7.00. The third kappa shape index (κ3) is 4.30. The number of nitrogens with one attached hydrogen (secondary N) is 2. The number of hydrogen-bond donors (Lipinski definition) is 2. The van der Waals surface area contributed by atoms with Crippen molar-refractivity contribution in [3.8, 4) is 0 Å². The first kappa shape index (κ1) is 21.0. The molecule has 158 valence electrons. The zero-order valence-electron chi connectivity index (χ0n) is 18.1. The lowest BCUT2D eigenvalue weighted by Gasteiger charge is -2.14. The normalized spacial score (nSPS) is 12.1. The van der Waals surface area contributed by atoms with Gasteiger partial charge in [-0.25, -0.2) is 4.98 Å². The van der Waals surface area contributed by atoms with Crippen molar-refractivity contribution >= 4 is 38.8 Å². The number of rotatable bonds is 7. The van der Waals surface area contributed by atoms with Crippen LogP contribution in [0.1, 0.15) is 56.5 Å². The van der Waals surface area contributed by atoms with Crippen molar-refractivity contribution in [3.05, 3.63) is 81.6 Å². The molecule has 0 bridgehead atoms. The van der Waals surface area contributed by atoms with E-state index in [1.165, 1.54) is 17.2 Å². The number of carbonyl (C=O) groups excluding carboxylic acids is 2. The number of aromatic nitrogens is 2. The number of H-pyrrole nitrogens is 1. The van der Waals surface area contributed by atoms with Crippen LogP contribution in [0.5, 0.6) is 0 Å². The first-order valence-electron chi connectivity index (χ1n) is 10.3. The monoisotopic (exact) mass is 431 g/mol. The Balaban J connectivity index is 1.44. The van der Waals surface area contributed by atoms with Gasteiger partial charge in [0.1, 0.15) is 0 Å². The molecule has 0 saturated heterocycles. The summed E-state index contributed by atoms with van der Waals surface area (Å²) >= 11 is 1.72. The predicted octanol–water partition coefficient (Wildman–Crippen LogP) is 5.72. The van der Waals surface area contributed by atoms with Gasteiger partial charge in [-0.3, -0.25) is 9.59 Å². The number of hydrogen-bond acceptors (Lipinski definition) is 5. The number of nitrogens with zero attached hydrogens (tertiary/aromatic N) is 1. The molecule has 2 aromatic heterocycles. The Bertz CT molecular complexity index is 1230. The summed E-state index contributed by atoms with van der Waals surface area (Å²) in [5.74, 6) is -0.0960. The molecule has 0 aliphatic rings. The Morgan fingerprint density at radius 1 is 1.10 bits per heavy atom. The van der Waals surface area contributed by atoms with Crippen LogP contribution >= 0.6 is 11.3 Å². The van der Waals surface area contributed by atoms with Crippen LogP contribution in [-0.2, 0) is 6.42 Å². The summed E-state index contributed by atoms with van der Waals surface area (Å²) in [6.07, 6.45) is 0.781. The summed E-state index contributed by atoms with van der Waals surface area (Å²) in [5, 5.41) is 4.36. The number of thiazole rings is 1. The second-order valence-electron chi connectivity index (χ2n) is 7.86. The fourth-order valence-corrected chi connectivity index (χ4v) is 4.95. The Morgan fingerprint density at radius 2 is 1.81 bits per heavy atom. The lowest BCUT2D eigenvalue weighted by atomic mass is 10.0. The molecule has 4 rings (SSSR count). The van der Waals surface area contributed by atoms with Gasteiger partial charge in [-0.05, 0) is 63.1 Å². The highest BCUT2D eigenvalue weighted by Gasteiger charge is 2.23. The lowest BCUT2D eigenvalue weighted by molar-refractivity contribution is 0.0970. The topological polar surface area (TPSA) is 74.8 Å². The van der Waals surface area contributed by atoms with E-state index >= 15 is 0 Å². The number of ketones is 2. The molecule has 1 atom stereocenters. The van der Waals surface area contributed by atoms with E-state index in [0.29, 0.717) is 11.3 Å². The molecule has 2 aromatic carbocycles. The first-order chi connectivity index (χ1) is 14.8. The molecule has 2 N–H and O–H groups in total. The van der Waals surface area contributed by atoms with Gasteiger partial charge in [-0.1, -0.05) is 24.3 Å². The molecule has 2 heterocycles. The van der Waals surface area contributed by atoms with Gasteiger partial charge in [0, 0.05) is 23.4 Å². The molecule has 0 aliphatic heterocycles. The lowest BCUT2D eigenvalue weighted by Crippen LogP contribution is -2.27. The number of aromatic amines is 1. The van der Waals surface area contributed by atoms with Crippen molar-refractivity contribution in [2.24, 2.45) is 0 Å². The minimum absolute atomic E-state index is 0.0328. The van der Waals surface area contributed by atoms with Crippen LogP contribution in [0.25, 0.3) is 10.2 Å². The van der Waals surface area contributed by atoms with Crippen LogP contribution in [-0.4, -0.2) is 27.6 Å². The first-order valence-corrected chi connectivity index (χ1v) is 11.1. The molecule has 0 fully saturated rings. The SMILES string of the molecule is CC(=O)c1c(C)[nH]c(C(=O)[C@@H](C)Nc2ccc(Cc3nc4ccccc4s3)cc2)c1C. The largest absolute Gasteiger partial charge is 0.375 e. The molecular weight excluding hydrogens is 406 g/mol. The maximum Gasteiger partial charge on any atom is 0.201 e. The van der Waals surface area contributed by atoms with Crippen molar-refractivity contribution in [3.63, 3.8) is 0 Å². The van der Waals surface area contributed by atoms with Gasteiger partial charge in [0.05, 0.1) is 27.0 Å². The zero-order chi connectivity index (χ0) is 22.1. The van der Waals surface area contributed by atoms with E-state index in [9.17, 15) is 9.59 Å². The summed E-state index contributed by atoms with van der Waals surface area (Å²) in [6, 6.07) is 15.8. The number of para-hydroxylation sites is 1. The average Bonchev–Trinajstić information content (AvgIpc) is 3.28. The fraction of sp³-hybridized carbons (Fsp3) is 0.240. The van der Waals surface area contributed by atoms with Gasteiger partial charge in [0.15, 0.2) is 5.78 Å². The number of anilines is 1. The molecule has 0 radical (unpaired) electrons. The van der Waals surface area contributed by atoms with Gasteiger partial charge in [0.2, 0.25) is 5.78 Å². The highest BCUT2D eigenvalue weighted by molar-refractivity contribution is 7.18. The van der Waals surface area contributed by atoms with E-state index in [0.717, 1.165) is 33.9 Å². The maximum absolute atomic E-state index is 12.9. The van der Waals surface area contributed by atoms with Crippen molar-refractivity contribution in [2.75, 3.05) is 5.32 Å². The molecule has 5 nitrogen and oxygen atoms in total. The van der Waals surface area contributed by atoms with Gasteiger partial charge in [-0.2, -0.15) is 0 Å². The fourth-order valence-electron chi connectivity index (χ4n) is 3.95. The summed E-state index contributed by atoms with van der Waals surface area (Å²) in [5.41, 5.74) is 5.64. The molecule has 4 aromatic rings. The van der Waals surface area contributed by atoms with Crippen LogP contribution in [0.3, 0.4) is 0 Å². The Kier molecular flexibility index (Phi) is 5.74. The molecule has 0 saturated carbocycles. The van der Waals surface area contributed by atoms with Crippen LogP contribution in [0, 0.1) is 13.8 Å². The Hall–Kier alpha value is -3.25. The van der Waals surface area contributed by atoms with Crippen molar-refractivity contribution in [1.29, 1.82) is 0 Å². The minimum Gasteiger partial charge on any atom is -0.375 e. The van der Waals surface area contributed by atoms with Crippen LogP contribution < -0.4 is 5.32 Å². The average molecular weight is 432 g/mol. The van der Waals surface area contributed by atoms with E-state index in [-0.39, 0.29) is 11.6 Å². The highest BCUT2D eigenvalue weighted by atomic mass is 32.1. The summed E-state index contributed by atoms with van der Waals surface area (Å²) in [7, 11) is 0. The number of fused-ring (bicyclic) bond motifs is 1. The molecule has 0 amide bonds. The zero-order valence-corrected chi connectivity index (χ0v) is 18.9. The van der Waals surface area contributed by atoms with Crippen LogP contribution in [0.15, 0.2) is 48.5 Å². The third-order valence-electron chi connectivity index (χ3n) is 5.46. The van der Waals surface area contributed by atoms with E-state index in [1.807, 2.05) is 51.1 Å². The number of Topliss-reactive ketones (excluding diaryl/α,β-unsaturated/α-hetero) is 2. The molecule has 6 heteroatoms.